The van der Waals surface area contributed by atoms with Crippen molar-refractivity contribution in [3.8, 4) is 28.3 Å². The molecule has 34 heavy (non-hydrogen) atoms. The van der Waals surface area contributed by atoms with Crippen molar-refractivity contribution in [1.82, 2.24) is 9.88 Å². The van der Waals surface area contributed by atoms with Crippen LogP contribution in [0.3, 0.4) is 0 Å². The Kier molecular flexibility index (Phi) is 5.68. The minimum atomic E-state index is 0.182. The third kappa shape index (κ3) is 3.72. The molecule has 0 N–H and O–H groups in total. The van der Waals surface area contributed by atoms with E-state index in [1.54, 1.807) is 7.11 Å². The summed E-state index contributed by atoms with van der Waals surface area (Å²) < 4.78 is 12.3. The molecule has 6 rings (SSSR count). The van der Waals surface area contributed by atoms with Crippen molar-refractivity contribution in [2.75, 3.05) is 13.7 Å². The first-order valence-corrected chi connectivity index (χ1v) is 12.4. The van der Waals surface area contributed by atoms with Gasteiger partial charge in [0.05, 0.1) is 13.2 Å². The Balaban J connectivity index is 1.41. The summed E-state index contributed by atoms with van der Waals surface area (Å²) in [6.07, 6.45) is 5.65. The molecule has 0 amide bonds. The van der Waals surface area contributed by atoms with Crippen LogP contribution in [0.5, 0.6) is 5.75 Å². The van der Waals surface area contributed by atoms with E-state index in [2.05, 4.69) is 71.6 Å². The highest BCUT2D eigenvalue weighted by Crippen LogP contribution is 2.46. The van der Waals surface area contributed by atoms with E-state index in [1.165, 1.54) is 17.5 Å². The number of methoxy groups -OCH3 is 1. The molecule has 2 unspecified atom stereocenters. The van der Waals surface area contributed by atoms with Crippen LogP contribution in [-0.4, -0.2) is 23.5 Å². The lowest BCUT2D eigenvalue weighted by molar-refractivity contribution is 0.143. The molecule has 2 atom stereocenters. The largest absolute Gasteiger partial charge is 0.496 e. The van der Waals surface area contributed by atoms with Crippen molar-refractivity contribution < 1.29 is 9.15 Å². The van der Waals surface area contributed by atoms with Crippen molar-refractivity contribution in [3.05, 3.63) is 95.9 Å². The first kappa shape index (κ1) is 21.2. The predicted molar refractivity (Wildman–Crippen MR) is 135 cm³/mol. The molecule has 4 aromatic rings. The van der Waals surface area contributed by atoms with E-state index in [-0.39, 0.29) is 6.04 Å². The molecule has 1 saturated heterocycles. The number of hydrogen-bond donors (Lipinski definition) is 0. The smallest absolute Gasteiger partial charge is 0.212 e. The third-order valence-electron chi connectivity index (χ3n) is 7.36. The van der Waals surface area contributed by atoms with Gasteiger partial charge in [-0.3, -0.25) is 4.90 Å². The van der Waals surface area contributed by atoms with Gasteiger partial charge in [0, 0.05) is 17.2 Å². The summed E-state index contributed by atoms with van der Waals surface area (Å²) in [6.45, 7) is 1.07. The molecule has 1 aliphatic heterocycles. The van der Waals surface area contributed by atoms with Crippen LogP contribution in [0.1, 0.15) is 54.8 Å². The van der Waals surface area contributed by atoms with Gasteiger partial charge >= 0.3 is 0 Å². The van der Waals surface area contributed by atoms with E-state index in [0.29, 0.717) is 6.04 Å². The molecule has 4 nitrogen and oxygen atoms in total. The van der Waals surface area contributed by atoms with Crippen LogP contribution in [0.4, 0.5) is 0 Å². The molecule has 1 fully saturated rings. The van der Waals surface area contributed by atoms with E-state index in [0.717, 1.165) is 66.4 Å². The summed E-state index contributed by atoms with van der Waals surface area (Å²) in [5, 5.41) is 0. The van der Waals surface area contributed by atoms with Gasteiger partial charge in [0.1, 0.15) is 11.4 Å². The van der Waals surface area contributed by atoms with Crippen LogP contribution in [0, 0.1) is 0 Å². The molecule has 4 heteroatoms. The molecular formula is C30H30N2O2. The molecule has 1 aromatic heterocycles. The second kappa shape index (κ2) is 9.11. The van der Waals surface area contributed by atoms with Crippen molar-refractivity contribution in [2.45, 2.75) is 44.2 Å². The Labute approximate surface area is 201 Å². The topological polar surface area (TPSA) is 38.5 Å². The van der Waals surface area contributed by atoms with Gasteiger partial charge in [-0.05, 0) is 55.8 Å². The molecule has 1 aliphatic carbocycles. The molecule has 0 radical (unpaired) electrons. The Morgan fingerprint density at radius 3 is 2.32 bits per heavy atom. The summed E-state index contributed by atoms with van der Waals surface area (Å²) >= 11 is 0. The minimum Gasteiger partial charge on any atom is -0.496 e. The average Bonchev–Trinajstić information content (AvgIpc) is 3.57. The van der Waals surface area contributed by atoms with Gasteiger partial charge in [-0.25, -0.2) is 4.98 Å². The molecule has 0 saturated carbocycles. The zero-order valence-electron chi connectivity index (χ0n) is 19.6. The number of fused-ring (bicyclic) bond motifs is 1. The fourth-order valence-electron chi connectivity index (χ4n) is 5.81. The van der Waals surface area contributed by atoms with Crippen LogP contribution >= 0.6 is 0 Å². The lowest BCUT2D eigenvalue weighted by Gasteiger charge is -2.36. The highest BCUT2D eigenvalue weighted by molar-refractivity contribution is 5.76. The number of rotatable bonds is 5. The van der Waals surface area contributed by atoms with Crippen molar-refractivity contribution in [3.63, 3.8) is 0 Å². The number of ether oxygens (including phenoxy) is 1. The normalized spacial score (nSPS) is 20.3. The number of nitrogens with zero attached hydrogens (tertiary/aromatic N) is 2. The maximum absolute atomic E-state index is 6.62. The molecule has 2 aliphatic rings. The van der Waals surface area contributed by atoms with Gasteiger partial charge in [0.15, 0.2) is 5.76 Å². The predicted octanol–water partition coefficient (Wildman–Crippen LogP) is 7.23. The van der Waals surface area contributed by atoms with Gasteiger partial charge in [0.2, 0.25) is 5.89 Å². The van der Waals surface area contributed by atoms with E-state index in [9.17, 15) is 0 Å². The number of aromatic nitrogens is 1. The third-order valence-corrected chi connectivity index (χ3v) is 7.36. The first-order valence-electron chi connectivity index (χ1n) is 12.4. The highest BCUT2D eigenvalue weighted by atomic mass is 16.5. The van der Waals surface area contributed by atoms with E-state index >= 15 is 0 Å². The van der Waals surface area contributed by atoms with Crippen LogP contribution in [0.15, 0.2) is 83.3 Å². The second-order valence-corrected chi connectivity index (χ2v) is 9.29. The van der Waals surface area contributed by atoms with Crippen LogP contribution in [0.2, 0.25) is 0 Å². The van der Waals surface area contributed by atoms with Gasteiger partial charge < -0.3 is 9.15 Å². The quantitative estimate of drug-likeness (QED) is 0.321. The lowest BCUT2D eigenvalue weighted by atomic mass is 9.86. The summed E-state index contributed by atoms with van der Waals surface area (Å²) in [7, 11) is 1.78. The Morgan fingerprint density at radius 1 is 0.824 bits per heavy atom. The zero-order chi connectivity index (χ0) is 22.9. The maximum atomic E-state index is 6.62. The van der Waals surface area contributed by atoms with Crippen molar-refractivity contribution in [1.29, 1.82) is 0 Å². The van der Waals surface area contributed by atoms with Gasteiger partial charge in [-0.2, -0.15) is 0 Å². The van der Waals surface area contributed by atoms with Crippen molar-refractivity contribution in [2.24, 2.45) is 0 Å². The minimum absolute atomic E-state index is 0.182. The van der Waals surface area contributed by atoms with E-state index < -0.39 is 0 Å². The summed E-state index contributed by atoms with van der Waals surface area (Å²) in [5.74, 6) is 2.72. The molecular weight excluding hydrogens is 420 g/mol. The number of hydrogen-bond acceptors (Lipinski definition) is 4. The van der Waals surface area contributed by atoms with E-state index in [4.69, 9.17) is 14.1 Å². The van der Waals surface area contributed by atoms with Crippen LogP contribution in [-0.2, 0) is 6.42 Å². The standard InChI is InChI=1S/C30H30N2O2/c1-33-27-19-9-15-23-24(27)16-8-17-25(23)32-20-10-18-26(32)30-31-28(21-11-4-2-5-12-21)29(34-30)22-13-6-3-7-14-22/h2-7,9,11-15,19,25-26H,8,10,16-18,20H2,1H3. The summed E-state index contributed by atoms with van der Waals surface area (Å²) in [4.78, 5) is 7.77. The summed E-state index contributed by atoms with van der Waals surface area (Å²) in [6, 6.07) is 27.8. The van der Waals surface area contributed by atoms with E-state index in [1.807, 2.05) is 12.1 Å². The average molecular weight is 451 g/mol. The van der Waals surface area contributed by atoms with Crippen LogP contribution < -0.4 is 4.74 Å². The maximum Gasteiger partial charge on any atom is 0.212 e. The first-order chi connectivity index (χ1) is 16.8. The monoisotopic (exact) mass is 450 g/mol. The summed E-state index contributed by atoms with van der Waals surface area (Å²) in [5.41, 5.74) is 5.87. The fourth-order valence-corrected chi connectivity index (χ4v) is 5.81. The molecule has 2 heterocycles. The fraction of sp³-hybridized carbons (Fsp3) is 0.300. The molecule has 0 bridgehead atoms. The highest BCUT2D eigenvalue weighted by Gasteiger charge is 2.38. The Bertz CT molecular complexity index is 1210. The number of oxazole rings is 1. The molecule has 0 spiro atoms. The second-order valence-electron chi connectivity index (χ2n) is 9.29. The Hall–Kier alpha value is -3.37. The molecule has 172 valence electrons. The Morgan fingerprint density at radius 2 is 1.56 bits per heavy atom. The van der Waals surface area contributed by atoms with Crippen molar-refractivity contribution >= 4 is 0 Å². The zero-order valence-corrected chi connectivity index (χ0v) is 19.6. The molecule has 3 aromatic carbocycles. The number of benzene rings is 3. The number of likely N-dealkylation sites (tertiary alicyclic amines) is 1. The van der Waals surface area contributed by atoms with Gasteiger partial charge in [-0.15, -0.1) is 0 Å². The van der Waals surface area contributed by atoms with Gasteiger partial charge in [-0.1, -0.05) is 72.8 Å². The van der Waals surface area contributed by atoms with Crippen LogP contribution in [0.25, 0.3) is 22.6 Å². The van der Waals surface area contributed by atoms with Gasteiger partial charge in [0.25, 0.3) is 0 Å². The SMILES string of the molecule is COc1cccc2c1CCCC2N1CCCC1c1nc(-c2ccccc2)c(-c2ccccc2)o1. The lowest BCUT2D eigenvalue weighted by Crippen LogP contribution is -2.31.